The van der Waals surface area contributed by atoms with Gasteiger partial charge in [0.1, 0.15) is 5.69 Å². The number of pyridine rings is 1. The van der Waals surface area contributed by atoms with E-state index in [0.717, 1.165) is 24.2 Å². The van der Waals surface area contributed by atoms with Gasteiger partial charge in [-0.3, -0.25) is 9.67 Å². The molecule has 0 amide bonds. The molecule has 7 nitrogen and oxygen atoms in total. The summed E-state index contributed by atoms with van der Waals surface area (Å²) in [6, 6.07) is 3.71. The minimum atomic E-state index is -0.749. The van der Waals surface area contributed by atoms with Gasteiger partial charge in [0.15, 0.2) is 0 Å². The fraction of sp³-hybridized carbons (Fsp3) is 0.588. The molecule has 0 spiro atoms. The molecule has 0 radical (unpaired) electrons. The average Bonchev–Trinajstić information content (AvgIpc) is 3.14. The summed E-state index contributed by atoms with van der Waals surface area (Å²) in [7, 11) is 0. The Morgan fingerprint density at radius 3 is 2.88 bits per heavy atom. The van der Waals surface area contributed by atoms with Crippen LogP contribution >= 0.6 is 0 Å². The summed E-state index contributed by atoms with van der Waals surface area (Å²) in [5, 5.41) is 32.2. The van der Waals surface area contributed by atoms with Crippen LogP contribution in [0.25, 0.3) is 11.3 Å². The highest BCUT2D eigenvalue weighted by atomic mass is 16.3. The molecule has 24 heavy (non-hydrogen) atoms. The first-order chi connectivity index (χ1) is 11.5. The van der Waals surface area contributed by atoms with E-state index in [1.54, 1.807) is 17.1 Å². The average molecular weight is 331 g/mol. The first-order valence-electron chi connectivity index (χ1n) is 8.44. The Hall–Kier alpha value is -1.83. The fourth-order valence-corrected chi connectivity index (χ4v) is 3.17. The molecule has 2 heterocycles. The van der Waals surface area contributed by atoms with E-state index in [-0.39, 0.29) is 12.0 Å². The third-order valence-corrected chi connectivity index (χ3v) is 4.51. The Bertz CT molecular complexity index is 645. The zero-order valence-electron chi connectivity index (χ0n) is 14.1. The van der Waals surface area contributed by atoms with Crippen LogP contribution in [-0.2, 0) is 6.54 Å². The van der Waals surface area contributed by atoms with Gasteiger partial charge in [-0.05, 0) is 31.0 Å². The largest absolute Gasteiger partial charge is 0.390 e. The predicted molar refractivity (Wildman–Crippen MR) is 90.0 cm³/mol. The summed E-state index contributed by atoms with van der Waals surface area (Å²) in [4.78, 5) is 4.08. The second-order valence-electron chi connectivity index (χ2n) is 6.95. The zero-order chi connectivity index (χ0) is 17.1. The van der Waals surface area contributed by atoms with Gasteiger partial charge >= 0.3 is 0 Å². The van der Waals surface area contributed by atoms with E-state index in [1.807, 2.05) is 18.3 Å². The van der Waals surface area contributed by atoms with Gasteiger partial charge in [0.05, 0.1) is 18.4 Å². The number of hydrogen-bond donors (Lipinski definition) is 3. The summed E-state index contributed by atoms with van der Waals surface area (Å²) in [6.07, 6.45) is 4.54. The lowest BCUT2D eigenvalue weighted by Crippen LogP contribution is -2.41. The molecule has 1 aliphatic carbocycles. The Kier molecular flexibility index (Phi) is 5.23. The van der Waals surface area contributed by atoms with Gasteiger partial charge < -0.3 is 15.5 Å². The lowest BCUT2D eigenvalue weighted by atomic mass is 10.1. The smallest absolute Gasteiger partial charge is 0.114 e. The highest BCUT2D eigenvalue weighted by molar-refractivity contribution is 5.55. The van der Waals surface area contributed by atoms with Crippen molar-refractivity contribution < 1.29 is 10.2 Å². The second kappa shape index (κ2) is 7.38. The molecule has 1 saturated carbocycles. The molecule has 0 unspecified atom stereocenters. The first-order valence-corrected chi connectivity index (χ1v) is 8.44. The topological polar surface area (TPSA) is 96.1 Å². The molecule has 2 aromatic rings. The minimum absolute atomic E-state index is 0.0480. The van der Waals surface area contributed by atoms with Crippen LogP contribution in [0.2, 0.25) is 0 Å². The Balaban J connectivity index is 1.63. The number of aliphatic hydroxyl groups excluding tert-OH is 2. The van der Waals surface area contributed by atoms with Crippen LogP contribution in [0.4, 0.5) is 0 Å². The molecule has 3 rings (SSSR count). The van der Waals surface area contributed by atoms with E-state index < -0.39 is 12.2 Å². The number of aliphatic hydroxyl groups is 2. The molecule has 0 aliphatic heterocycles. The molecular weight excluding hydrogens is 306 g/mol. The molecule has 1 aliphatic rings. The summed E-state index contributed by atoms with van der Waals surface area (Å²) in [5.41, 5.74) is 1.66. The summed E-state index contributed by atoms with van der Waals surface area (Å²) >= 11 is 0. The normalized spacial score (nSPS) is 27.0. The maximum atomic E-state index is 10.3. The third kappa shape index (κ3) is 3.80. The standard InChI is InChI=1S/C17H25N5O2/c1-11(2)7-19-14-6-13(16(23)17(14)24)9-22-10-15(20-21-22)12-4-3-5-18-8-12/h3-5,8,10-11,13-14,16-17,19,23-24H,6-7,9H2,1-2H3/t13-,14-,16-,17+/m1/s1. The van der Waals surface area contributed by atoms with Crippen molar-refractivity contribution in [3.63, 3.8) is 0 Å². The molecule has 2 aromatic heterocycles. The summed E-state index contributed by atoms with van der Waals surface area (Å²) < 4.78 is 1.73. The monoisotopic (exact) mass is 331 g/mol. The van der Waals surface area contributed by atoms with Crippen molar-refractivity contribution in [2.45, 2.75) is 45.1 Å². The molecule has 7 heteroatoms. The van der Waals surface area contributed by atoms with Gasteiger partial charge in [-0.25, -0.2) is 0 Å². The zero-order valence-corrected chi connectivity index (χ0v) is 14.1. The predicted octanol–water partition coefficient (Wildman–Crippen LogP) is 0.696. The first kappa shape index (κ1) is 17.0. The molecule has 0 bridgehead atoms. The van der Waals surface area contributed by atoms with Crippen molar-refractivity contribution in [2.24, 2.45) is 11.8 Å². The van der Waals surface area contributed by atoms with Crippen molar-refractivity contribution in [2.75, 3.05) is 6.54 Å². The van der Waals surface area contributed by atoms with Gasteiger partial charge in [0.25, 0.3) is 0 Å². The molecule has 3 N–H and O–H groups in total. The number of aromatic nitrogens is 4. The van der Waals surface area contributed by atoms with Gasteiger partial charge in [-0.2, -0.15) is 0 Å². The number of rotatable bonds is 6. The van der Waals surface area contributed by atoms with Crippen LogP contribution in [0.3, 0.4) is 0 Å². The van der Waals surface area contributed by atoms with E-state index in [1.165, 1.54) is 0 Å². The van der Waals surface area contributed by atoms with Crippen LogP contribution in [0.1, 0.15) is 20.3 Å². The van der Waals surface area contributed by atoms with Crippen LogP contribution in [0.5, 0.6) is 0 Å². The fourth-order valence-electron chi connectivity index (χ4n) is 3.17. The van der Waals surface area contributed by atoms with Crippen molar-refractivity contribution in [3.05, 3.63) is 30.7 Å². The van der Waals surface area contributed by atoms with Crippen LogP contribution < -0.4 is 5.32 Å². The highest BCUT2D eigenvalue weighted by Crippen LogP contribution is 2.28. The maximum absolute atomic E-state index is 10.3. The third-order valence-electron chi connectivity index (χ3n) is 4.51. The molecule has 130 valence electrons. The molecule has 4 atom stereocenters. The van der Waals surface area contributed by atoms with Crippen molar-refractivity contribution in [1.29, 1.82) is 0 Å². The lowest BCUT2D eigenvalue weighted by Gasteiger charge is -2.19. The highest BCUT2D eigenvalue weighted by Gasteiger charge is 2.41. The molecule has 0 saturated heterocycles. The Morgan fingerprint density at radius 1 is 1.33 bits per heavy atom. The van der Waals surface area contributed by atoms with E-state index in [2.05, 4.69) is 34.5 Å². The SMILES string of the molecule is CC(C)CN[C@@H]1C[C@H](Cn2cc(-c3cccnc3)nn2)[C@@H](O)[C@H]1O. The summed E-state index contributed by atoms with van der Waals surface area (Å²) in [6.45, 7) is 5.61. The number of nitrogens with one attached hydrogen (secondary N) is 1. The molecule has 0 aromatic carbocycles. The van der Waals surface area contributed by atoms with Crippen LogP contribution in [0, 0.1) is 11.8 Å². The molecular formula is C17H25N5O2. The van der Waals surface area contributed by atoms with Crippen molar-refractivity contribution >= 4 is 0 Å². The maximum Gasteiger partial charge on any atom is 0.114 e. The van der Waals surface area contributed by atoms with Gasteiger partial charge in [0.2, 0.25) is 0 Å². The quantitative estimate of drug-likeness (QED) is 0.721. The van der Waals surface area contributed by atoms with E-state index in [4.69, 9.17) is 0 Å². The number of nitrogens with zero attached hydrogens (tertiary/aromatic N) is 4. The van der Waals surface area contributed by atoms with Gasteiger partial charge in [-0.15, -0.1) is 5.10 Å². The van der Waals surface area contributed by atoms with Crippen molar-refractivity contribution in [1.82, 2.24) is 25.3 Å². The van der Waals surface area contributed by atoms with E-state index >= 15 is 0 Å². The molecule has 1 fully saturated rings. The van der Waals surface area contributed by atoms with Crippen molar-refractivity contribution in [3.8, 4) is 11.3 Å². The Labute approximate surface area is 141 Å². The van der Waals surface area contributed by atoms with Crippen LogP contribution in [0.15, 0.2) is 30.7 Å². The summed E-state index contributed by atoms with van der Waals surface area (Å²) in [5.74, 6) is 0.457. The van der Waals surface area contributed by atoms with E-state index in [0.29, 0.717) is 12.5 Å². The lowest BCUT2D eigenvalue weighted by molar-refractivity contribution is 0.00716. The second-order valence-corrected chi connectivity index (χ2v) is 6.95. The van der Waals surface area contributed by atoms with Gasteiger partial charge in [-0.1, -0.05) is 19.1 Å². The van der Waals surface area contributed by atoms with Gasteiger partial charge in [0, 0.05) is 36.5 Å². The minimum Gasteiger partial charge on any atom is -0.390 e. The van der Waals surface area contributed by atoms with E-state index in [9.17, 15) is 10.2 Å². The Morgan fingerprint density at radius 2 is 2.17 bits per heavy atom. The number of hydrogen-bond acceptors (Lipinski definition) is 6. The van der Waals surface area contributed by atoms with Crippen LogP contribution in [-0.4, -0.2) is 55.0 Å².